The quantitative estimate of drug-likeness (QED) is 0.569. The number of rotatable bonds is 7. The minimum absolute atomic E-state index is 0.283. The second kappa shape index (κ2) is 7.51. The van der Waals surface area contributed by atoms with Crippen LogP contribution >= 0.6 is 0 Å². The molecule has 0 radical (unpaired) electrons. The molecular formula is C21H27N3O5. The fourth-order valence-corrected chi connectivity index (χ4v) is 3.99. The highest BCUT2D eigenvalue weighted by molar-refractivity contribution is 6.11. The van der Waals surface area contributed by atoms with Gasteiger partial charge in [0.05, 0.1) is 13.2 Å². The summed E-state index contributed by atoms with van der Waals surface area (Å²) in [7, 11) is 1.62. The number of ether oxygens (including phenoxy) is 1. The van der Waals surface area contributed by atoms with Gasteiger partial charge in [0.25, 0.3) is 5.91 Å². The maximum absolute atomic E-state index is 13.1. The zero-order valence-electron chi connectivity index (χ0n) is 17.7. The van der Waals surface area contributed by atoms with Gasteiger partial charge in [0, 0.05) is 36.2 Å². The van der Waals surface area contributed by atoms with Crippen molar-refractivity contribution in [2.75, 3.05) is 20.3 Å². The first-order valence-electron chi connectivity index (χ1n) is 9.50. The van der Waals surface area contributed by atoms with E-state index >= 15 is 0 Å². The summed E-state index contributed by atoms with van der Waals surface area (Å²) < 4.78 is 12.6. The number of imide groups is 1. The Morgan fingerprint density at radius 3 is 2.48 bits per heavy atom. The van der Waals surface area contributed by atoms with E-state index in [-0.39, 0.29) is 12.3 Å². The molecule has 3 heterocycles. The van der Waals surface area contributed by atoms with E-state index in [2.05, 4.69) is 5.32 Å². The first-order valence-corrected chi connectivity index (χ1v) is 9.50. The van der Waals surface area contributed by atoms with Gasteiger partial charge in [-0.25, -0.2) is 4.79 Å². The Balaban J connectivity index is 1.84. The SMILES string of the molecule is COCCn1c(C)cc(C(=O)CN2C(=O)NC(C)(c3cc(C)oc3C)C2=O)c1C. The Hall–Kier alpha value is -2.87. The highest BCUT2D eigenvalue weighted by Crippen LogP contribution is 2.33. The number of Topliss-reactive ketones (excluding diaryl/α,β-unsaturated/α-hetero) is 1. The molecule has 2 aromatic rings. The van der Waals surface area contributed by atoms with E-state index in [1.165, 1.54) is 0 Å². The largest absolute Gasteiger partial charge is 0.466 e. The lowest BCUT2D eigenvalue weighted by atomic mass is 9.92. The first kappa shape index (κ1) is 20.9. The Labute approximate surface area is 169 Å². The third-order valence-corrected chi connectivity index (χ3v) is 5.55. The standard InChI is InChI=1S/C21H27N3O5/c1-12-9-16(14(3)23(12)7-8-28-6)18(25)11-24-19(26)21(5,22-20(24)27)17-10-13(2)29-15(17)4/h9-10H,7-8,11H2,1-6H3,(H,22,27). The predicted molar refractivity (Wildman–Crippen MR) is 106 cm³/mol. The minimum Gasteiger partial charge on any atom is -0.466 e. The lowest BCUT2D eigenvalue weighted by molar-refractivity contribution is -0.130. The van der Waals surface area contributed by atoms with Crippen LogP contribution in [0.2, 0.25) is 0 Å². The number of carbonyl (C=O) groups excluding carboxylic acids is 3. The normalized spacial score (nSPS) is 19.2. The molecule has 0 aliphatic carbocycles. The Bertz CT molecular complexity index is 987. The molecule has 8 nitrogen and oxygen atoms in total. The number of aryl methyl sites for hydroxylation is 3. The average molecular weight is 401 g/mol. The molecule has 1 unspecified atom stereocenters. The zero-order valence-corrected chi connectivity index (χ0v) is 17.7. The van der Waals surface area contributed by atoms with Gasteiger partial charge in [0.1, 0.15) is 17.1 Å². The lowest BCUT2D eigenvalue weighted by Gasteiger charge is -2.21. The van der Waals surface area contributed by atoms with E-state index in [0.717, 1.165) is 16.3 Å². The van der Waals surface area contributed by atoms with Crippen molar-refractivity contribution in [3.63, 3.8) is 0 Å². The molecule has 1 saturated heterocycles. The van der Waals surface area contributed by atoms with Crippen LogP contribution in [0.15, 0.2) is 16.5 Å². The van der Waals surface area contributed by atoms with Gasteiger partial charge in [-0.2, -0.15) is 0 Å². The van der Waals surface area contributed by atoms with Gasteiger partial charge in [0.2, 0.25) is 0 Å². The number of nitrogens with one attached hydrogen (secondary N) is 1. The molecule has 0 aromatic carbocycles. The summed E-state index contributed by atoms with van der Waals surface area (Å²) in [5.74, 6) is 0.467. The smallest absolute Gasteiger partial charge is 0.325 e. The maximum atomic E-state index is 13.1. The highest BCUT2D eigenvalue weighted by atomic mass is 16.5. The maximum Gasteiger partial charge on any atom is 0.325 e. The van der Waals surface area contributed by atoms with Crippen LogP contribution in [-0.4, -0.2) is 47.4 Å². The highest BCUT2D eigenvalue weighted by Gasteiger charge is 2.51. The van der Waals surface area contributed by atoms with E-state index in [1.54, 1.807) is 40.0 Å². The van der Waals surface area contributed by atoms with Crippen molar-refractivity contribution in [2.45, 2.75) is 46.7 Å². The predicted octanol–water partition coefficient (Wildman–Crippen LogP) is 2.61. The fraction of sp³-hybridized carbons (Fsp3) is 0.476. The van der Waals surface area contributed by atoms with Crippen LogP contribution in [-0.2, 0) is 21.6 Å². The summed E-state index contributed by atoms with van der Waals surface area (Å²) in [4.78, 5) is 39.5. The molecular weight excluding hydrogens is 374 g/mol. The Morgan fingerprint density at radius 2 is 1.90 bits per heavy atom. The van der Waals surface area contributed by atoms with Gasteiger partial charge < -0.3 is 19.0 Å². The van der Waals surface area contributed by atoms with Gasteiger partial charge in [-0.15, -0.1) is 0 Å². The third-order valence-electron chi connectivity index (χ3n) is 5.55. The van der Waals surface area contributed by atoms with E-state index in [9.17, 15) is 14.4 Å². The van der Waals surface area contributed by atoms with Crippen molar-refractivity contribution >= 4 is 17.7 Å². The van der Waals surface area contributed by atoms with Crippen molar-refractivity contribution in [3.8, 4) is 0 Å². The minimum atomic E-state index is -1.26. The summed E-state index contributed by atoms with van der Waals surface area (Å²) in [6.07, 6.45) is 0. The number of furan rings is 1. The van der Waals surface area contributed by atoms with Crippen molar-refractivity contribution in [3.05, 3.63) is 46.2 Å². The second-order valence-corrected chi connectivity index (χ2v) is 7.63. The summed E-state index contributed by atoms with van der Waals surface area (Å²) in [6.45, 7) is 9.76. The summed E-state index contributed by atoms with van der Waals surface area (Å²) >= 11 is 0. The van der Waals surface area contributed by atoms with E-state index < -0.39 is 17.5 Å². The molecule has 1 atom stereocenters. The van der Waals surface area contributed by atoms with Crippen LogP contribution in [0, 0.1) is 27.7 Å². The topological polar surface area (TPSA) is 93.8 Å². The number of methoxy groups -OCH3 is 1. The molecule has 1 aliphatic rings. The van der Waals surface area contributed by atoms with E-state index in [0.29, 0.717) is 35.8 Å². The third kappa shape index (κ3) is 3.48. The van der Waals surface area contributed by atoms with Gasteiger partial charge in [-0.1, -0.05) is 0 Å². The summed E-state index contributed by atoms with van der Waals surface area (Å²) in [5.41, 5.74) is 1.56. The number of hydrogen-bond donors (Lipinski definition) is 1. The molecule has 0 spiro atoms. The molecule has 1 N–H and O–H groups in total. The number of amides is 3. The first-order chi connectivity index (χ1) is 13.6. The Kier molecular flexibility index (Phi) is 5.40. The van der Waals surface area contributed by atoms with Gasteiger partial charge in [-0.05, 0) is 46.8 Å². The summed E-state index contributed by atoms with van der Waals surface area (Å²) in [5, 5.41) is 2.72. The molecule has 3 rings (SSSR count). The van der Waals surface area contributed by atoms with Crippen molar-refractivity contribution < 1.29 is 23.5 Å². The molecule has 2 aromatic heterocycles. The molecule has 1 fully saturated rings. The van der Waals surface area contributed by atoms with Crippen LogP contribution in [0.25, 0.3) is 0 Å². The molecule has 0 bridgehead atoms. The number of ketones is 1. The lowest BCUT2D eigenvalue weighted by Crippen LogP contribution is -2.41. The van der Waals surface area contributed by atoms with Crippen LogP contribution < -0.4 is 5.32 Å². The van der Waals surface area contributed by atoms with Crippen molar-refractivity contribution in [2.24, 2.45) is 0 Å². The molecule has 0 saturated carbocycles. The van der Waals surface area contributed by atoms with Gasteiger partial charge >= 0.3 is 6.03 Å². The number of carbonyl (C=O) groups is 3. The van der Waals surface area contributed by atoms with Crippen LogP contribution in [0.5, 0.6) is 0 Å². The number of aromatic nitrogens is 1. The summed E-state index contributed by atoms with van der Waals surface area (Å²) in [6, 6.07) is 2.94. The molecule has 156 valence electrons. The molecule has 1 aliphatic heterocycles. The molecule has 3 amide bonds. The Morgan fingerprint density at radius 1 is 1.21 bits per heavy atom. The average Bonchev–Trinajstić information content (AvgIpc) is 3.22. The zero-order chi connectivity index (χ0) is 21.5. The van der Waals surface area contributed by atoms with Crippen molar-refractivity contribution in [1.82, 2.24) is 14.8 Å². The molecule has 8 heteroatoms. The fourth-order valence-electron chi connectivity index (χ4n) is 3.99. The van der Waals surface area contributed by atoms with Crippen LogP contribution in [0.4, 0.5) is 4.79 Å². The number of hydrogen-bond acceptors (Lipinski definition) is 5. The monoisotopic (exact) mass is 401 g/mol. The van der Waals surface area contributed by atoms with Crippen LogP contribution in [0.3, 0.4) is 0 Å². The second-order valence-electron chi connectivity index (χ2n) is 7.63. The number of nitrogens with zero attached hydrogens (tertiary/aromatic N) is 2. The van der Waals surface area contributed by atoms with E-state index in [4.69, 9.17) is 9.15 Å². The molecule has 29 heavy (non-hydrogen) atoms. The van der Waals surface area contributed by atoms with Gasteiger partial charge in [0.15, 0.2) is 5.78 Å². The van der Waals surface area contributed by atoms with Crippen LogP contribution in [0.1, 0.15) is 45.8 Å². The van der Waals surface area contributed by atoms with Gasteiger partial charge in [-0.3, -0.25) is 14.5 Å². The van der Waals surface area contributed by atoms with Crippen molar-refractivity contribution in [1.29, 1.82) is 0 Å². The number of urea groups is 1. The van der Waals surface area contributed by atoms with E-state index in [1.807, 2.05) is 18.4 Å².